The number of rotatable bonds is 6. The Morgan fingerprint density at radius 3 is 2.52 bits per heavy atom. The molecule has 27 heavy (non-hydrogen) atoms. The first-order valence-electron chi connectivity index (χ1n) is 8.92. The third-order valence-corrected chi connectivity index (χ3v) is 5.74. The summed E-state index contributed by atoms with van der Waals surface area (Å²) < 4.78 is 39.6. The second-order valence-corrected chi connectivity index (χ2v) is 7.51. The van der Waals surface area contributed by atoms with Crippen molar-refractivity contribution in [3.63, 3.8) is 0 Å². The molecular formula is C19H21F3N2O2S. The molecule has 0 fully saturated rings. The van der Waals surface area contributed by atoms with Gasteiger partial charge in [0, 0.05) is 30.2 Å². The molecule has 0 unspecified atom stereocenters. The van der Waals surface area contributed by atoms with E-state index in [9.17, 15) is 18.0 Å². The zero-order chi connectivity index (χ0) is 19.4. The smallest absolute Gasteiger partial charge is 0.396 e. The van der Waals surface area contributed by atoms with Crippen molar-refractivity contribution in [1.82, 2.24) is 9.55 Å². The van der Waals surface area contributed by atoms with Crippen LogP contribution in [0, 0.1) is 0 Å². The van der Waals surface area contributed by atoms with Crippen LogP contribution in [0.5, 0.6) is 0 Å². The quantitative estimate of drug-likeness (QED) is 0.594. The maximum atomic E-state index is 12.7. The van der Waals surface area contributed by atoms with Crippen LogP contribution in [0.15, 0.2) is 34.1 Å². The Bertz CT molecular complexity index is 848. The highest BCUT2D eigenvalue weighted by Crippen LogP contribution is 2.32. The number of alkyl halides is 3. The van der Waals surface area contributed by atoms with Crippen molar-refractivity contribution in [3.8, 4) is 0 Å². The first-order chi connectivity index (χ1) is 12.9. The van der Waals surface area contributed by atoms with Gasteiger partial charge < -0.3 is 5.11 Å². The molecule has 8 heteroatoms. The van der Waals surface area contributed by atoms with Gasteiger partial charge in [-0.05, 0) is 49.8 Å². The molecule has 1 aliphatic carbocycles. The van der Waals surface area contributed by atoms with E-state index < -0.39 is 11.7 Å². The second-order valence-electron chi connectivity index (χ2n) is 6.54. The van der Waals surface area contributed by atoms with Gasteiger partial charge >= 0.3 is 11.9 Å². The van der Waals surface area contributed by atoms with Crippen LogP contribution < -0.4 is 5.69 Å². The number of nitrogens with zero attached hydrogens (tertiary/aromatic N) is 2. The van der Waals surface area contributed by atoms with E-state index in [1.54, 1.807) is 4.57 Å². The van der Waals surface area contributed by atoms with Gasteiger partial charge in [0.25, 0.3) is 0 Å². The van der Waals surface area contributed by atoms with Crippen molar-refractivity contribution in [2.75, 3.05) is 6.61 Å². The first kappa shape index (κ1) is 19.9. The molecule has 1 heterocycles. The molecule has 0 aliphatic heterocycles. The number of aliphatic hydroxyl groups is 1. The number of halogens is 3. The summed E-state index contributed by atoms with van der Waals surface area (Å²) in [6, 6.07) is 5.08. The summed E-state index contributed by atoms with van der Waals surface area (Å²) in [4.78, 5) is 16.6. The molecule has 0 bridgehead atoms. The summed E-state index contributed by atoms with van der Waals surface area (Å²) in [7, 11) is 0. The van der Waals surface area contributed by atoms with Gasteiger partial charge in [0.15, 0.2) is 0 Å². The number of hydrogen-bond acceptors (Lipinski definition) is 4. The van der Waals surface area contributed by atoms with Crippen LogP contribution in [0.25, 0.3) is 0 Å². The average molecular weight is 398 g/mol. The lowest BCUT2D eigenvalue weighted by molar-refractivity contribution is -0.137. The molecule has 1 N–H and O–H groups in total. The van der Waals surface area contributed by atoms with Gasteiger partial charge in [-0.3, -0.25) is 4.57 Å². The third-order valence-electron chi connectivity index (χ3n) is 4.65. The monoisotopic (exact) mass is 398 g/mol. The number of thioether (sulfide) groups is 1. The summed E-state index contributed by atoms with van der Waals surface area (Å²) in [5.74, 6) is 0.456. The third kappa shape index (κ3) is 4.73. The molecule has 146 valence electrons. The van der Waals surface area contributed by atoms with Crippen LogP contribution >= 0.6 is 11.8 Å². The van der Waals surface area contributed by atoms with E-state index in [2.05, 4.69) is 4.98 Å². The summed E-state index contributed by atoms with van der Waals surface area (Å²) >= 11 is 1.39. The first-order valence-corrected chi connectivity index (χ1v) is 9.91. The van der Waals surface area contributed by atoms with Crippen LogP contribution in [-0.4, -0.2) is 21.3 Å². The Kier molecular flexibility index (Phi) is 6.26. The zero-order valence-corrected chi connectivity index (χ0v) is 15.6. The lowest BCUT2D eigenvalue weighted by atomic mass is 9.97. The Balaban J connectivity index is 1.81. The van der Waals surface area contributed by atoms with E-state index >= 15 is 0 Å². The zero-order valence-electron chi connectivity index (χ0n) is 14.8. The Morgan fingerprint density at radius 1 is 1.15 bits per heavy atom. The molecule has 0 amide bonds. The topological polar surface area (TPSA) is 55.1 Å². The van der Waals surface area contributed by atoms with E-state index in [0.29, 0.717) is 23.7 Å². The number of fused-ring (bicyclic) bond motifs is 1. The lowest BCUT2D eigenvalue weighted by Gasteiger charge is -2.22. The maximum absolute atomic E-state index is 12.7. The standard InChI is InChI=1S/C19H21F3N2O2S/c20-19(21,22)14-8-6-13(7-9-14)12-27-17-15-4-1-2-5-16(15)24(10-3-11-25)18(26)23-17/h6-9,25H,1-5,10-12H2. The highest BCUT2D eigenvalue weighted by atomic mass is 32.2. The minimum Gasteiger partial charge on any atom is -0.396 e. The van der Waals surface area contributed by atoms with Crippen molar-refractivity contribution >= 4 is 11.8 Å². The number of aromatic nitrogens is 2. The van der Waals surface area contributed by atoms with Gasteiger partial charge in [-0.1, -0.05) is 12.1 Å². The normalized spacial score (nSPS) is 14.2. The second kappa shape index (κ2) is 8.48. The van der Waals surface area contributed by atoms with Gasteiger partial charge in [0.1, 0.15) is 5.03 Å². The summed E-state index contributed by atoms with van der Waals surface area (Å²) in [5.41, 5.74) is 1.82. The van der Waals surface area contributed by atoms with Crippen LogP contribution in [0.3, 0.4) is 0 Å². The molecule has 0 saturated heterocycles. The van der Waals surface area contributed by atoms with Crippen LogP contribution in [0.4, 0.5) is 13.2 Å². The summed E-state index contributed by atoms with van der Waals surface area (Å²) in [6.45, 7) is 0.472. The van der Waals surface area contributed by atoms with E-state index in [4.69, 9.17) is 5.11 Å². The summed E-state index contributed by atoms with van der Waals surface area (Å²) in [6.07, 6.45) is -0.139. The largest absolute Gasteiger partial charge is 0.416 e. The molecule has 4 nitrogen and oxygen atoms in total. The van der Waals surface area contributed by atoms with Gasteiger partial charge in [0.2, 0.25) is 0 Å². The Morgan fingerprint density at radius 2 is 1.85 bits per heavy atom. The van der Waals surface area contributed by atoms with Crippen molar-refractivity contribution in [3.05, 3.63) is 57.1 Å². The average Bonchev–Trinajstić information content (AvgIpc) is 2.65. The lowest BCUT2D eigenvalue weighted by Crippen LogP contribution is -2.30. The highest BCUT2D eigenvalue weighted by molar-refractivity contribution is 7.98. The van der Waals surface area contributed by atoms with Crippen molar-refractivity contribution in [2.45, 2.75) is 55.6 Å². The molecule has 0 atom stereocenters. The van der Waals surface area contributed by atoms with E-state index in [1.165, 1.54) is 23.9 Å². The van der Waals surface area contributed by atoms with Crippen molar-refractivity contribution in [1.29, 1.82) is 0 Å². The number of benzene rings is 1. The Labute approximate surface area is 159 Å². The van der Waals surface area contributed by atoms with Crippen LogP contribution in [-0.2, 0) is 31.3 Å². The predicted octanol–water partition coefficient (Wildman–Crippen LogP) is 3.82. The molecule has 3 rings (SSSR count). The fourth-order valence-electron chi connectivity index (χ4n) is 3.27. The fraction of sp³-hybridized carbons (Fsp3) is 0.474. The molecule has 0 spiro atoms. The minimum atomic E-state index is -4.34. The maximum Gasteiger partial charge on any atom is 0.416 e. The van der Waals surface area contributed by atoms with Crippen LogP contribution in [0.1, 0.15) is 41.6 Å². The van der Waals surface area contributed by atoms with E-state index in [1.807, 2.05) is 0 Å². The van der Waals surface area contributed by atoms with Gasteiger partial charge in [-0.15, -0.1) is 11.8 Å². The highest BCUT2D eigenvalue weighted by Gasteiger charge is 2.30. The molecule has 2 aromatic rings. The SMILES string of the molecule is O=c1nc(SCc2ccc(C(F)(F)F)cc2)c2c(n1CCCO)CCCC2. The van der Waals surface area contributed by atoms with E-state index in [0.717, 1.165) is 54.6 Å². The Hall–Kier alpha value is -1.80. The number of hydrogen-bond donors (Lipinski definition) is 1. The van der Waals surface area contributed by atoms with Gasteiger partial charge in [-0.25, -0.2) is 4.79 Å². The molecule has 0 radical (unpaired) electrons. The number of aliphatic hydroxyl groups excluding tert-OH is 1. The van der Waals surface area contributed by atoms with Crippen LogP contribution in [0.2, 0.25) is 0 Å². The van der Waals surface area contributed by atoms with Crippen molar-refractivity contribution in [2.24, 2.45) is 0 Å². The molecule has 1 aromatic carbocycles. The van der Waals surface area contributed by atoms with Gasteiger partial charge in [0.05, 0.1) is 5.56 Å². The van der Waals surface area contributed by atoms with Gasteiger partial charge in [-0.2, -0.15) is 18.2 Å². The molecule has 1 aliphatic rings. The minimum absolute atomic E-state index is 0.0195. The molecular weight excluding hydrogens is 377 g/mol. The predicted molar refractivity (Wildman–Crippen MR) is 97.8 cm³/mol. The summed E-state index contributed by atoms with van der Waals surface area (Å²) in [5, 5.41) is 9.72. The fourth-order valence-corrected chi connectivity index (χ4v) is 4.30. The van der Waals surface area contributed by atoms with Crippen molar-refractivity contribution < 1.29 is 18.3 Å². The van der Waals surface area contributed by atoms with E-state index in [-0.39, 0.29) is 12.3 Å². The molecule has 1 aromatic heterocycles. The molecule has 0 saturated carbocycles.